The predicted octanol–water partition coefficient (Wildman–Crippen LogP) is 3.63. The van der Waals surface area contributed by atoms with E-state index in [4.69, 9.17) is 0 Å². The number of hydrogen-bond acceptors (Lipinski definition) is 4. The standard InChI is InChI=1S/C20H22FN3O3/c21-18-13-17(24(26)27)6-7-19(18)22-14-20(25)23-10-8-16(9-11-23)12-15-4-2-1-3-5-15/h1-7,13,16,22H,8-12,14H2. The topological polar surface area (TPSA) is 75.5 Å². The minimum atomic E-state index is -0.737. The number of halogens is 1. The minimum absolute atomic E-state index is 0.0297. The van der Waals surface area contributed by atoms with Gasteiger partial charge in [0.1, 0.15) is 0 Å². The van der Waals surface area contributed by atoms with Crippen molar-refractivity contribution in [3.8, 4) is 0 Å². The normalized spacial score (nSPS) is 14.8. The van der Waals surface area contributed by atoms with Crippen LogP contribution < -0.4 is 5.32 Å². The zero-order chi connectivity index (χ0) is 19.2. The highest BCUT2D eigenvalue weighted by atomic mass is 19.1. The van der Waals surface area contributed by atoms with Crippen LogP contribution in [0, 0.1) is 21.8 Å². The number of benzene rings is 2. The highest BCUT2D eigenvalue weighted by Crippen LogP contribution is 2.23. The minimum Gasteiger partial charge on any atom is -0.374 e. The number of carbonyl (C=O) groups excluding carboxylic acids is 1. The maximum atomic E-state index is 13.9. The number of anilines is 1. The number of hydrogen-bond donors (Lipinski definition) is 1. The van der Waals surface area contributed by atoms with E-state index < -0.39 is 10.7 Å². The molecule has 27 heavy (non-hydrogen) atoms. The van der Waals surface area contributed by atoms with E-state index in [1.807, 2.05) is 18.2 Å². The molecule has 0 aliphatic carbocycles. The molecular weight excluding hydrogens is 349 g/mol. The second-order valence-electron chi connectivity index (χ2n) is 6.79. The van der Waals surface area contributed by atoms with Crippen LogP contribution in [0.5, 0.6) is 0 Å². The molecule has 0 atom stereocenters. The van der Waals surface area contributed by atoms with Crippen molar-refractivity contribution in [2.45, 2.75) is 19.3 Å². The molecule has 2 aromatic rings. The summed E-state index contributed by atoms with van der Waals surface area (Å²) in [5.41, 5.74) is 1.09. The molecule has 1 aliphatic rings. The lowest BCUT2D eigenvalue weighted by atomic mass is 9.90. The van der Waals surface area contributed by atoms with E-state index in [2.05, 4.69) is 17.4 Å². The van der Waals surface area contributed by atoms with Gasteiger partial charge < -0.3 is 10.2 Å². The average Bonchev–Trinajstić information content (AvgIpc) is 2.68. The maximum Gasteiger partial charge on any atom is 0.272 e. The first-order valence-corrected chi connectivity index (χ1v) is 9.02. The van der Waals surface area contributed by atoms with E-state index >= 15 is 0 Å². The van der Waals surface area contributed by atoms with Crippen molar-refractivity contribution in [3.05, 3.63) is 70.0 Å². The molecule has 0 radical (unpaired) electrons. The van der Waals surface area contributed by atoms with Gasteiger partial charge in [-0.2, -0.15) is 0 Å². The smallest absolute Gasteiger partial charge is 0.272 e. The summed E-state index contributed by atoms with van der Waals surface area (Å²) in [6.45, 7) is 1.36. The van der Waals surface area contributed by atoms with Crippen LogP contribution in [0.2, 0.25) is 0 Å². The number of nitro benzene ring substituents is 1. The number of nitro groups is 1. The van der Waals surface area contributed by atoms with Gasteiger partial charge >= 0.3 is 0 Å². The Bertz CT molecular complexity index is 805. The largest absolute Gasteiger partial charge is 0.374 e. The third-order valence-electron chi connectivity index (χ3n) is 4.93. The summed E-state index contributed by atoms with van der Waals surface area (Å²) < 4.78 is 13.9. The van der Waals surface area contributed by atoms with Gasteiger partial charge in [-0.25, -0.2) is 4.39 Å². The zero-order valence-electron chi connectivity index (χ0n) is 14.9. The molecule has 1 aliphatic heterocycles. The quantitative estimate of drug-likeness (QED) is 0.621. The molecule has 1 amide bonds. The lowest BCUT2D eigenvalue weighted by Crippen LogP contribution is -2.41. The van der Waals surface area contributed by atoms with Crippen molar-refractivity contribution in [1.82, 2.24) is 4.90 Å². The van der Waals surface area contributed by atoms with Crippen LogP contribution in [0.15, 0.2) is 48.5 Å². The number of non-ortho nitro benzene ring substituents is 1. The van der Waals surface area contributed by atoms with E-state index in [1.165, 1.54) is 17.7 Å². The summed E-state index contributed by atoms with van der Waals surface area (Å²) in [5.74, 6) is -0.263. The molecule has 1 N–H and O–H groups in total. The summed E-state index contributed by atoms with van der Waals surface area (Å²) in [5, 5.41) is 13.4. The zero-order valence-corrected chi connectivity index (χ0v) is 14.9. The fourth-order valence-electron chi connectivity index (χ4n) is 3.38. The summed E-state index contributed by atoms with van der Waals surface area (Å²) in [6, 6.07) is 13.7. The number of piperidine rings is 1. The lowest BCUT2D eigenvalue weighted by molar-refractivity contribution is -0.385. The van der Waals surface area contributed by atoms with Crippen molar-refractivity contribution in [3.63, 3.8) is 0 Å². The molecular formula is C20H22FN3O3. The summed E-state index contributed by atoms with van der Waals surface area (Å²) >= 11 is 0. The van der Waals surface area contributed by atoms with Gasteiger partial charge in [-0.1, -0.05) is 30.3 Å². The predicted molar refractivity (Wildman–Crippen MR) is 101 cm³/mol. The van der Waals surface area contributed by atoms with Crippen LogP contribution in [-0.4, -0.2) is 35.4 Å². The molecule has 0 unspecified atom stereocenters. The SMILES string of the molecule is O=C(CNc1ccc([N+](=O)[O-])cc1F)N1CCC(Cc2ccccc2)CC1. The number of nitrogens with one attached hydrogen (secondary N) is 1. The van der Waals surface area contributed by atoms with Gasteiger partial charge in [0.2, 0.25) is 5.91 Å². The Morgan fingerprint density at radius 3 is 2.52 bits per heavy atom. The van der Waals surface area contributed by atoms with Gasteiger partial charge in [-0.15, -0.1) is 0 Å². The molecule has 142 valence electrons. The molecule has 0 spiro atoms. The van der Waals surface area contributed by atoms with Crippen LogP contribution in [0.25, 0.3) is 0 Å². The number of rotatable bonds is 6. The monoisotopic (exact) mass is 371 g/mol. The van der Waals surface area contributed by atoms with Crippen molar-refractivity contribution in [2.24, 2.45) is 5.92 Å². The second-order valence-corrected chi connectivity index (χ2v) is 6.79. The summed E-state index contributed by atoms with van der Waals surface area (Å²) in [6.07, 6.45) is 2.92. The maximum absolute atomic E-state index is 13.9. The Kier molecular flexibility index (Phi) is 6.01. The van der Waals surface area contributed by atoms with Gasteiger partial charge in [0.25, 0.3) is 5.69 Å². The van der Waals surface area contributed by atoms with Crippen molar-refractivity contribution in [2.75, 3.05) is 25.0 Å². The third-order valence-corrected chi connectivity index (χ3v) is 4.93. The van der Waals surface area contributed by atoms with Crippen molar-refractivity contribution < 1.29 is 14.1 Å². The van der Waals surface area contributed by atoms with Crippen molar-refractivity contribution >= 4 is 17.3 Å². The molecule has 1 fully saturated rings. The summed E-state index contributed by atoms with van der Waals surface area (Å²) in [7, 11) is 0. The molecule has 6 nitrogen and oxygen atoms in total. The Morgan fingerprint density at radius 1 is 1.19 bits per heavy atom. The number of amides is 1. The van der Waals surface area contributed by atoms with Gasteiger partial charge in [-0.05, 0) is 36.8 Å². The lowest BCUT2D eigenvalue weighted by Gasteiger charge is -2.32. The first-order chi connectivity index (χ1) is 13.0. The highest BCUT2D eigenvalue weighted by Gasteiger charge is 2.23. The Morgan fingerprint density at radius 2 is 1.89 bits per heavy atom. The van der Waals surface area contributed by atoms with Gasteiger partial charge in [-0.3, -0.25) is 14.9 Å². The first kappa shape index (κ1) is 18.8. The number of carbonyl (C=O) groups is 1. The molecule has 0 bridgehead atoms. The van der Waals surface area contributed by atoms with Crippen molar-refractivity contribution in [1.29, 1.82) is 0 Å². The molecule has 0 saturated carbocycles. The molecule has 3 rings (SSSR count). The van der Waals surface area contributed by atoms with E-state index in [9.17, 15) is 19.3 Å². The van der Waals surface area contributed by atoms with Gasteiger partial charge in [0, 0.05) is 19.2 Å². The van der Waals surface area contributed by atoms with Crippen LogP contribution in [0.4, 0.5) is 15.8 Å². The molecule has 2 aromatic carbocycles. The van der Waals surface area contributed by atoms with Gasteiger partial charge in [0.15, 0.2) is 5.82 Å². The van der Waals surface area contributed by atoms with Crippen LogP contribution in [0.1, 0.15) is 18.4 Å². The Labute approximate surface area is 157 Å². The van der Waals surface area contributed by atoms with E-state index in [1.54, 1.807) is 4.90 Å². The fraction of sp³-hybridized carbons (Fsp3) is 0.350. The highest BCUT2D eigenvalue weighted by molar-refractivity contribution is 5.81. The fourth-order valence-corrected chi connectivity index (χ4v) is 3.38. The Hall–Kier alpha value is -2.96. The van der Waals surface area contributed by atoms with E-state index in [-0.39, 0.29) is 23.8 Å². The Balaban J connectivity index is 1.46. The molecule has 1 saturated heterocycles. The van der Waals surface area contributed by atoms with Gasteiger partial charge in [0.05, 0.1) is 23.2 Å². The van der Waals surface area contributed by atoms with E-state index in [0.717, 1.165) is 25.3 Å². The number of likely N-dealkylation sites (tertiary alicyclic amines) is 1. The molecule has 7 heteroatoms. The second kappa shape index (κ2) is 8.62. The van der Waals surface area contributed by atoms with Crippen LogP contribution >= 0.6 is 0 Å². The third kappa shape index (κ3) is 5.03. The average molecular weight is 371 g/mol. The summed E-state index contributed by atoms with van der Waals surface area (Å²) in [4.78, 5) is 24.1. The first-order valence-electron chi connectivity index (χ1n) is 9.02. The van der Waals surface area contributed by atoms with Crippen LogP contribution in [0.3, 0.4) is 0 Å². The van der Waals surface area contributed by atoms with E-state index in [0.29, 0.717) is 19.0 Å². The number of nitrogens with zero attached hydrogens (tertiary/aromatic N) is 2. The van der Waals surface area contributed by atoms with Crippen LogP contribution in [-0.2, 0) is 11.2 Å². The molecule has 1 heterocycles. The molecule has 0 aromatic heterocycles.